The number of carbonyl (C=O) groups is 1. The summed E-state index contributed by atoms with van der Waals surface area (Å²) in [7, 11) is 2.86. The molecule has 1 aromatic carbocycles. The Morgan fingerprint density at radius 1 is 1.26 bits per heavy atom. The largest absolute Gasteiger partial charge is 0.462 e. The molecule has 0 aliphatic carbocycles. The normalized spacial score (nSPS) is 15.9. The second-order valence-electron chi connectivity index (χ2n) is 6.37. The van der Waals surface area contributed by atoms with Crippen molar-refractivity contribution >= 4 is 5.97 Å². The molecule has 8 nitrogen and oxygen atoms in total. The van der Waals surface area contributed by atoms with Crippen LogP contribution in [0.25, 0.3) is 0 Å². The third kappa shape index (κ3) is 2.92. The summed E-state index contributed by atoms with van der Waals surface area (Å²) in [5.74, 6) is -1.63. The smallest absolute Gasteiger partial charge is 0.340 e. The number of esters is 1. The highest BCUT2D eigenvalue weighted by atomic mass is 16.5. The molecule has 0 saturated carbocycles. The van der Waals surface area contributed by atoms with E-state index in [2.05, 4.69) is 0 Å². The van der Waals surface area contributed by atoms with Crippen LogP contribution in [0.3, 0.4) is 0 Å². The Kier molecular flexibility index (Phi) is 4.65. The number of aryl methyl sites for hydroxylation is 1. The van der Waals surface area contributed by atoms with Crippen molar-refractivity contribution in [1.82, 2.24) is 9.13 Å². The molecule has 1 aliphatic rings. The Balaban J connectivity index is 2.39. The topological polar surface area (TPSA) is 106 Å². The number of aromatic nitrogens is 2. The maximum atomic E-state index is 12.9. The van der Waals surface area contributed by atoms with Gasteiger partial charge in [0.15, 0.2) is 0 Å². The molecule has 27 heavy (non-hydrogen) atoms. The molecule has 1 atom stereocenters. The van der Waals surface area contributed by atoms with Crippen LogP contribution in [0.15, 0.2) is 45.3 Å². The fourth-order valence-corrected chi connectivity index (χ4v) is 3.28. The molecule has 0 fully saturated rings. The van der Waals surface area contributed by atoms with E-state index in [-0.39, 0.29) is 29.5 Å². The zero-order valence-corrected chi connectivity index (χ0v) is 15.6. The fourth-order valence-electron chi connectivity index (χ4n) is 3.28. The summed E-state index contributed by atoms with van der Waals surface area (Å²) >= 11 is 0. The minimum absolute atomic E-state index is 0.0279. The van der Waals surface area contributed by atoms with Crippen molar-refractivity contribution in [2.24, 2.45) is 19.8 Å². The summed E-state index contributed by atoms with van der Waals surface area (Å²) in [6.07, 6.45) is 0. The number of rotatable bonds is 3. The van der Waals surface area contributed by atoms with Crippen molar-refractivity contribution < 1.29 is 14.3 Å². The lowest BCUT2D eigenvalue weighted by Crippen LogP contribution is -2.43. The number of fused-ring (bicyclic) bond motifs is 1. The van der Waals surface area contributed by atoms with Gasteiger partial charge in [0.25, 0.3) is 5.56 Å². The number of nitrogens with zero attached hydrogens (tertiary/aromatic N) is 2. The van der Waals surface area contributed by atoms with E-state index in [1.54, 1.807) is 13.0 Å². The Labute approximate surface area is 155 Å². The van der Waals surface area contributed by atoms with Crippen molar-refractivity contribution in [3.8, 4) is 5.88 Å². The first-order chi connectivity index (χ1) is 12.8. The molecule has 8 heteroatoms. The molecule has 0 bridgehead atoms. The monoisotopic (exact) mass is 371 g/mol. The van der Waals surface area contributed by atoms with E-state index in [0.29, 0.717) is 5.56 Å². The molecule has 2 aromatic rings. The van der Waals surface area contributed by atoms with E-state index in [9.17, 15) is 14.4 Å². The van der Waals surface area contributed by atoms with Gasteiger partial charge < -0.3 is 15.2 Å². The molecule has 142 valence electrons. The number of ether oxygens (including phenoxy) is 2. The minimum atomic E-state index is -0.807. The predicted octanol–water partition coefficient (Wildman–Crippen LogP) is 0.650. The Hall–Kier alpha value is -3.29. The van der Waals surface area contributed by atoms with Crippen LogP contribution in [-0.2, 0) is 23.6 Å². The summed E-state index contributed by atoms with van der Waals surface area (Å²) in [6, 6.07) is 7.38. The van der Waals surface area contributed by atoms with Crippen LogP contribution in [0, 0.1) is 6.92 Å². The maximum absolute atomic E-state index is 12.9. The molecule has 0 radical (unpaired) electrons. The first-order valence-electron chi connectivity index (χ1n) is 8.49. The van der Waals surface area contributed by atoms with Crippen LogP contribution < -0.4 is 21.7 Å². The van der Waals surface area contributed by atoms with Crippen molar-refractivity contribution in [2.75, 3.05) is 6.61 Å². The van der Waals surface area contributed by atoms with Crippen LogP contribution in [0.2, 0.25) is 0 Å². The van der Waals surface area contributed by atoms with E-state index in [4.69, 9.17) is 15.2 Å². The molecule has 2 N–H and O–H groups in total. The van der Waals surface area contributed by atoms with Crippen LogP contribution >= 0.6 is 0 Å². The lowest BCUT2D eigenvalue weighted by atomic mass is 9.84. The van der Waals surface area contributed by atoms with E-state index >= 15 is 0 Å². The third-order valence-electron chi connectivity index (χ3n) is 4.56. The van der Waals surface area contributed by atoms with Gasteiger partial charge in [0.05, 0.1) is 18.1 Å². The Bertz CT molecular complexity index is 1080. The van der Waals surface area contributed by atoms with Crippen LogP contribution in [-0.4, -0.2) is 21.7 Å². The molecule has 2 heterocycles. The first-order valence-corrected chi connectivity index (χ1v) is 8.49. The molecule has 0 spiro atoms. The summed E-state index contributed by atoms with van der Waals surface area (Å²) < 4.78 is 12.9. The van der Waals surface area contributed by atoms with Crippen molar-refractivity contribution in [2.45, 2.75) is 19.8 Å². The van der Waals surface area contributed by atoms with Crippen LogP contribution in [0.4, 0.5) is 0 Å². The van der Waals surface area contributed by atoms with Gasteiger partial charge in [-0.2, -0.15) is 0 Å². The lowest BCUT2D eigenvalue weighted by molar-refractivity contribution is -0.139. The SMILES string of the molecule is CCOC(=O)C1=C(N)Oc2c(c(=O)n(C)c(=O)n2C)[C@H]1c1cccc(C)c1. The van der Waals surface area contributed by atoms with Crippen LogP contribution in [0.5, 0.6) is 5.88 Å². The van der Waals surface area contributed by atoms with E-state index in [1.807, 2.05) is 25.1 Å². The number of hydrogen-bond donors (Lipinski definition) is 1. The van der Waals surface area contributed by atoms with Crippen LogP contribution in [0.1, 0.15) is 29.5 Å². The van der Waals surface area contributed by atoms with Gasteiger partial charge in [0.2, 0.25) is 11.8 Å². The van der Waals surface area contributed by atoms with Gasteiger partial charge in [0, 0.05) is 14.1 Å². The second kappa shape index (κ2) is 6.79. The second-order valence-corrected chi connectivity index (χ2v) is 6.37. The molecule has 0 amide bonds. The Morgan fingerprint density at radius 3 is 2.59 bits per heavy atom. The number of carbonyl (C=O) groups excluding carboxylic acids is 1. The quantitative estimate of drug-likeness (QED) is 0.794. The minimum Gasteiger partial charge on any atom is -0.462 e. The van der Waals surface area contributed by atoms with Gasteiger partial charge in [-0.3, -0.25) is 13.9 Å². The van der Waals surface area contributed by atoms with E-state index < -0.39 is 23.1 Å². The molecule has 1 aliphatic heterocycles. The average Bonchev–Trinajstić information content (AvgIpc) is 2.63. The highest BCUT2D eigenvalue weighted by Gasteiger charge is 2.39. The zero-order chi connectivity index (χ0) is 19.9. The molecular formula is C19H21N3O5. The Morgan fingerprint density at radius 2 is 1.96 bits per heavy atom. The summed E-state index contributed by atoms with van der Waals surface area (Å²) in [5, 5.41) is 0. The highest BCUT2D eigenvalue weighted by Crippen LogP contribution is 2.40. The predicted molar refractivity (Wildman–Crippen MR) is 98.4 cm³/mol. The zero-order valence-electron chi connectivity index (χ0n) is 15.6. The molecule has 1 aromatic heterocycles. The van der Waals surface area contributed by atoms with Gasteiger partial charge in [-0.05, 0) is 19.4 Å². The molecule has 3 rings (SSSR count). The van der Waals surface area contributed by atoms with Gasteiger partial charge in [-0.25, -0.2) is 9.59 Å². The van der Waals surface area contributed by atoms with Gasteiger partial charge in [0.1, 0.15) is 5.57 Å². The van der Waals surface area contributed by atoms with Gasteiger partial charge >= 0.3 is 11.7 Å². The lowest BCUT2D eigenvalue weighted by Gasteiger charge is -2.29. The summed E-state index contributed by atoms with van der Waals surface area (Å²) in [6.45, 7) is 3.73. The van der Waals surface area contributed by atoms with Gasteiger partial charge in [-0.15, -0.1) is 0 Å². The highest BCUT2D eigenvalue weighted by molar-refractivity contribution is 5.92. The third-order valence-corrected chi connectivity index (χ3v) is 4.56. The van der Waals surface area contributed by atoms with Crippen molar-refractivity contribution in [3.63, 3.8) is 0 Å². The van der Waals surface area contributed by atoms with Gasteiger partial charge in [-0.1, -0.05) is 29.8 Å². The molecule has 0 unspecified atom stereocenters. The number of nitrogens with two attached hydrogens (primary N) is 1. The first kappa shape index (κ1) is 18.5. The van der Waals surface area contributed by atoms with E-state index in [0.717, 1.165) is 10.1 Å². The number of benzene rings is 1. The van der Waals surface area contributed by atoms with Crippen molar-refractivity contribution in [3.05, 3.63) is 73.3 Å². The average molecular weight is 371 g/mol. The fraction of sp³-hybridized carbons (Fsp3) is 0.316. The van der Waals surface area contributed by atoms with E-state index in [1.165, 1.54) is 18.7 Å². The molecule has 0 saturated heterocycles. The standard InChI is InChI=1S/C19H21N3O5/c1-5-26-18(24)13-12(11-8-6-7-10(2)9-11)14-16(23)21(3)19(25)22(4)17(14)27-15(13)20/h6-9,12H,5,20H2,1-4H3/t12-/m0/s1. The summed E-state index contributed by atoms with van der Waals surface area (Å²) in [5.41, 5.74) is 6.78. The maximum Gasteiger partial charge on any atom is 0.340 e. The summed E-state index contributed by atoms with van der Waals surface area (Å²) in [4.78, 5) is 37.8. The molecular weight excluding hydrogens is 350 g/mol. The van der Waals surface area contributed by atoms with Crippen molar-refractivity contribution in [1.29, 1.82) is 0 Å². The number of hydrogen-bond acceptors (Lipinski definition) is 6.